The third-order valence-electron chi connectivity index (χ3n) is 2.66. The van der Waals surface area contributed by atoms with Gasteiger partial charge in [-0.3, -0.25) is 19.7 Å². The van der Waals surface area contributed by atoms with Crippen molar-refractivity contribution in [3.05, 3.63) is 33.9 Å². The zero-order chi connectivity index (χ0) is 17.4. The molecule has 0 fully saturated rings. The highest BCUT2D eigenvalue weighted by molar-refractivity contribution is 6.35. The van der Waals surface area contributed by atoms with Crippen LogP contribution in [0.5, 0.6) is 5.75 Å². The van der Waals surface area contributed by atoms with Crippen molar-refractivity contribution < 1.29 is 19.2 Å². The molecule has 2 amide bonds. The lowest BCUT2D eigenvalue weighted by Crippen LogP contribution is -2.39. The molecule has 9 heteroatoms. The highest BCUT2D eigenvalue weighted by Gasteiger charge is 2.15. The summed E-state index contributed by atoms with van der Waals surface area (Å²) in [5, 5.41) is 16.9. The molecule has 0 aromatic heterocycles. The van der Waals surface area contributed by atoms with E-state index in [0.29, 0.717) is 12.1 Å². The van der Waals surface area contributed by atoms with E-state index in [-0.39, 0.29) is 17.4 Å². The number of nitro groups is 1. The number of hydrogen-bond acceptors (Lipinski definition) is 6. The molecule has 1 aromatic carbocycles. The highest BCUT2D eigenvalue weighted by atomic mass is 16.6. The van der Waals surface area contributed by atoms with Gasteiger partial charge in [-0.05, 0) is 18.1 Å². The molecule has 0 unspecified atom stereocenters. The van der Waals surface area contributed by atoms with Crippen LogP contribution < -0.4 is 15.5 Å². The molecule has 0 saturated heterocycles. The molecular formula is C14H18N4O5. The number of carbonyl (C=O) groups is 2. The second-order valence-electron chi connectivity index (χ2n) is 4.99. The van der Waals surface area contributed by atoms with E-state index in [2.05, 4.69) is 10.4 Å². The van der Waals surface area contributed by atoms with E-state index >= 15 is 0 Å². The van der Waals surface area contributed by atoms with Gasteiger partial charge < -0.3 is 10.1 Å². The van der Waals surface area contributed by atoms with Crippen LogP contribution in [0.15, 0.2) is 23.3 Å². The molecule has 0 aliphatic heterocycles. The number of nitro benzene ring substituents is 1. The lowest BCUT2D eigenvalue weighted by atomic mass is 10.2. The predicted molar refractivity (Wildman–Crippen MR) is 83.2 cm³/mol. The van der Waals surface area contributed by atoms with Crippen LogP contribution in [0, 0.1) is 16.0 Å². The summed E-state index contributed by atoms with van der Waals surface area (Å²) >= 11 is 0. The van der Waals surface area contributed by atoms with Crippen LogP contribution in [0.25, 0.3) is 0 Å². The fourth-order valence-corrected chi connectivity index (χ4v) is 1.52. The molecule has 2 N–H and O–H groups in total. The van der Waals surface area contributed by atoms with E-state index < -0.39 is 16.7 Å². The Morgan fingerprint density at radius 3 is 2.65 bits per heavy atom. The van der Waals surface area contributed by atoms with E-state index in [9.17, 15) is 19.7 Å². The van der Waals surface area contributed by atoms with Crippen molar-refractivity contribution in [1.29, 1.82) is 0 Å². The number of carbonyl (C=O) groups excluding carboxylic acids is 2. The molecule has 0 atom stereocenters. The lowest BCUT2D eigenvalue weighted by Gasteiger charge is -2.05. The number of amides is 2. The molecule has 0 radical (unpaired) electrons. The third kappa shape index (κ3) is 5.73. The number of ether oxygens (including phenoxy) is 1. The maximum atomic E-state index is 11.5. The molecule has 9 nitrogen and oxygen atoms in total. The number of hydrazone groups is 1. The second kappa shape index (κ2) is 8.47. The predicted octanol–water partition coefficient (Wildman–Crippen LogP) is 0.826. The fourth-order valence-electron chi connectivity index (χ4n) is 1.52. The maximum absolute atomic E-state index is 11.5. The van der Waals surface area contributed by atoms with Crippen molar-refractivity contribution in [3.63, 3.8) is 0 Å². The summed E-state index contributed by atoms with van der Waals surface area (Å²) in [7, 11) is 1.33. The molecule has 0 bridgehead atoms. The Balaban J connectivity index is 2.67. The minimum absolute atomic E-state index is 0.115. The Kier molecular flexibility index (Phi) is 6.66. The first kappa shape index (κ1) is 18.1. The number of rotatable bonds is 6. The summed E-state index contributed by atoms with van der Waals surface area (Å²) in [4.78, 5) is 33.2. The van der Waals surface area contributed by atoms with Crippen LogP contribution in [0.1, 0.15) is 19.4 Å². The molecular weight excluding hydrogens is 304 g/mol. The number of nitrogens with zero attached hydrogens (tertiary/aromatic N) is 2. The van der Waals surface area contributed by atoms with Gasteiger partial charge in [-0.2, -0.15) is 5.10 Å². The fraction of sp³-hybridized carbons (Fsp3) is 0.357. The van der Waals surface area contributed by atoms with Crippen LogP contribution in [0.4, 0.5) is 5.69 Å². The molecule has 0 saturated carbocycles. The molecule has 23 heavy (non-hydrogen) atoms. The van der Waals surface area contributed by atoms with E-state index in [1.54, 1.807) is 0 Å². The average molecular weight is 322 g/mol. The Morgan fingerprint density at radius 2 is 2.09 bits per heavy atom. The topological polar surface area (TPSA) is 123 Å². The van der Waals surface area contributed by atoms with Gasteiger partial charge in [-0.25, -0.2) is 5.43 Å². The lowest BCUT2D eigenvalue weighted by molar-refractivity contribution is -0.385. The van der Waals surface area contributed by atoms with Gasteiger partial charge in [0.05, 0.1) is 18.2 Å². The summed E-state index contributed by atoms with van der Waals surface area (Å²) in [6, 6.07) is 4.18. The van der Waals surface area contributed by atoms with Gasteiger partial charge in [0.15, 0.2) is 5.75 Å². The van der Waals surface area contributed by atoms with Gasteiger partial charge in [-0.15, -0.1) is 0 Å². The Bertz CT molecular complexity index is 628. The molecule has 124 valence electrons. The summed E-state index contributed by atoms with van der Waals surface area (Å²) in [6.45, 7) is 4.17. The largest absolute Gasteiger partial charge is 0.490 e. The van der Waals surface area contributed by atoms with E-state index in [1.807, 2.05) is 19.3 Å². The van der Waals surface area contributed by atoms with Crippen molar-refractivity contribution >= 4 is 23.7 Å². The quantitative estimate of drug-likeness (QED) is 0.347. The summed E-state index contributed by atoms with van der Waals surface area (Å²) < 4.78 is 4.87. The van der Waals surface area contributed by atoms with Crippen LogP contribution in [0.2, 0.25) is 0 Å². The zero-order valence-electron chi connectivity index (χ0n) is 13.0. The van der Waals surface area contributed by atoms with Crippen molar-refractivity contribution in [1.82, 2.24) is 10.7 Å². The van der Waals surface area contributed by atoms with Gasteiger partial charge in [-0.1, -0.05) is 13.8 Å². The third-order valence-corrected chi connectivity index (χ3v) is 2.66. The van der Waals surface area contributed by atoms with Gasteiger partial charge in [0, 0.05) is 18.2 Å². The molecule has 0 spiro atoms. The molecule has 1 aromatic rings. The summed E-state index contributed by atoms with van der Waals surface area (Å²) in [5.41, 5.74) is 2.20. The van der Waals surface area contributed by atoms with Gasteiger partial charge >= 0.3 is 17.5 Å². The molecule has 1 rings (SSSR count). The first-order chi connectivity index (χ1) is 10.8. The van der Waals surface area contributed by atoms with Crippen molar-refractivity contribution in [2.24, 2.45) is 11.0 Å². The van der Waals surface area contributed by atoms with Crippen LogP contribution >= 0.6 is 0 Å². The molecule has 0 aliphatic carbocycles. The number of benzene rings is 1. The SMILES string of the molecule is COc1ccc(/C=N\NC(=O)C(=O)NCC(C)C)cc1[N+](=O)[O-]. The Hall–Kier alpha value is -2.97. The second-order valence-corrected chi connectivity index (χ2v) is 4.99. The highest BCUT2D eigenvalue weighted by Crippen LogP contribution is 2.26. The van der Waals surface area contributed by atoms with Gasteiger partial charge in [0.25, 0.3) is 0 Å². The maximum Gasteiger partial charge on any atom is 0.329 e. The Morgan fingerprint density at radius 1 is 1.39 bits per heavy atom. The van der Waals surface area contributed by atoms with Crippen LogP contribution in [0.3, 0.4) is 0 Å². The van der Waals surface area contributed by atoms with Crippen LogP contribution in [-0.4, -0.2) is 36.6 Å². The van der Waals surface area contributed by atoms with E-state index in [4.69, 9.17) is 4.74 Å². The van der Waals surface area contributed by atoms with E-state index in [1.165, 1.54) is 31.5 Å². The van der Waals surface area contributed by atoms with Crippen LogP contribution in [-0.2, 0) is 9.59 Å². The van der Waals surface area contributed by atoms with Crippen molar-refractivity contribution in [2.45, 2.75) is 13.8 Å². The van der Waals surface area contributed by atoms with Crippen molar-refractivity contribution in [2.75, 3.05) is 13.7 Å². The first-order valence-electron chi connectivity index (χ1n) is 6.78. The zero-order valence-corrected chi connectivity index (χ0v) is 13.0. The Labute approximate surface area is 132 Å². The minimum atomic E-state index is -0.912. The standard InChI is InChI=1S/C14H18N4O5/c1-9(2)7-15-13(19)14(20)17-16-8-10-4-5-12(23-3)11(6-10)18(21)22/h4-6,8-9H,7H2,1-3H3,(H,15,19)(H,17,20)/b16-8-. The summed E-state index contributed by atoms with van der Waals surface area (Å²) in [6.07, 6.45) is 1.19. The number of methoxy groups -OCH3 is 1. The number of nitrogens with one attached hydrogen (secondary N) is 2. The molecule has 0 aliphatic rings. The normalized spacial score (nSPS) is 10.6. The van der Waals surface area contributed by atoms with Gasteiger partial charge in [0.2, 0.25) is 0 Å². The molecule has 0 heterocycles. The van der Waals surface area contributed by atoms with Gasteiger partial charge in [0.1, 0.15) is 0 Å². The van der Waals surface area contributed by atoms with E-state index in [0.717, 1.165) is 0 Å². The number of hydrogen-bond donors (Lipinski definition) is 2. The van der Waals surface area contributed by atoms with Crippen molar-refractivity contribution in [3.8, 4) is 5.75 Å². The first-order valence-corrected chi connectivity index (χ1v) is 6.78. The average Bonchev–Trinajstić information content (AvgIpc) is 2.52. The monoisotopic (exact) mass is 322 g/mol. The smallest absolute Gasteiger partial charge is 0.329 e. The summed E-state index contributed by atoms with van der Waals surface area (Å²) in [5.74, 6) is -1.37. The minimum Gasteiger partial charge on any atom is -0.490 e.